The van der Waals surface area contributed by atoms with Crippen molar-refractivity contribution in [1.82, 2.24) is 15.3 Å². The van der Waals surface area contributed by atoms with Crippen molar-refractivity contribution in [2.45, 2.75) is 39.2 Å². The second kappa shape index (κ2) is 8.39. The van der Waals surface area contributed by atoms with Crippen molar-refractivity contribution in [1.29, 1.82) is 0 Å². The summed E-state index contributed by atoms with van der Waals surface area (Å²) in [4.78, 5) is 9.50. The Morgan fingerprint density at radius 2 is 2.10 bits per heavy atom. The molecule has 0 bridgehead atoms. The van der Waals surface area contributed by atoms with Gasteiger partial charge in [-0.25, -0.2) is 9.97 Å². The number of pyridine rings is 2. The maximum atomic E-state index is 10.3. The number of aromatic nitrogens is 2. The lowest BCUT2D eigenvalue weighted by Gasteiger charge is -2.25. The molecule has 154 valence electrons. The van der Waals surface area contributed by atoms with Gasteiger partial charge in [0.2, 0.25) is 0 Å². The first-order chi connectivity index (χ1) is 14.0. The zero-order chi connectivity index (χ0) is 20.4. The Bertz CT molecular complexity index is 941. The van der Waals surface area contributed by atoms with E-state index in [0.717, 1.165) is 70.5 Å². The monoisotopic (exact) mass is 395 g/mol. The molecule has 2 aliphatic heterocycles. The maximum absolute atomic E-state index is 10.3. The van der Waals surface area contributed by atoms with Gasteiger partial charge in [0.05, 0.1) is 18.4 Å². The fourth-order valence-electron chi connectivity index (χ4n) is 4.01. The number of aliphatic hydroxyl groups excluding tert-OH is 1. The van der Waals surface area contributed by atoms with Crippen molar-refractivity contribution < 1.29 is 9.84 Å². The van der Waals surface area contributed by atoms with E-state index in [0.29, 0.717) is 19.6 Å². The summed E-state index contributed by atoms with van der Waals surface area (Å²) in [5, 5.41) is 20.2. The molecule has 0 amide bonds. The first-order valence-corrected chi connectivity index (χ1v) is 10.2. The average Bonchev–Trinajstić information content (AvgIpc) is 2.92. The van der Waals surface area contributed by atoms with Crippen LogP contribution in [0.2, 0.25) is 0 Å². The number of hydrogen-bond acceptors (Lipinski definition) is 7. The Morgan fingerprint density at radius 3 is 2.93 bits per heavy atom. The van der Waals surface area contributed by atoms with Crippen LogP contribution in [-0.4, -0.2) is 47.9 Å². The van der Waals surface area contributed by atoms with Crippen LogP contribution in [0.15, 0.2) is 18.2 Å². The van der Waals surface area contributed by atoms with Gasteiger partial charge in [0, 0.05) is 55.1 Å². The maximum Gasteiger partial charge on any atom is 0.148 e. The second-order valence-electron chi connectivity index (χ2n) is 7.69. The SMILES string of the molecule is CNc1cc(C)nc(Nc2nc3c(c(C4=CCNC[C@@H](O)C4)c2C)OCCC3)c1. The van der Waals surface area contributed by atoms with Gasteiger partial charge >= 0.3 is 0 Å². The van der Waals surface area contributed by atoms with Crippen molar-refractivity contribution in [2.75, 3.05) is 37.4 Å². The van der Waals surface area contributed by atoms with Gasteiger partial charge in [-0.05, 0) is 38.3 Å². The first kappa shape index (κ1) is 19.7. The van der Waals surface area contributed by atoms with Gasteiger partial charge in [-0.3, -0.25) is 0 Å². The Balaban J connectivity index is 1.79. The van der Waals surface area contributed by atoms with E-state index in [1.165, 1.54) is 0 Å². The van der Waals surface area contributed by atoms with Gasteiger partial charge in [0.1, 0.15) is 17.4 Å². The molecule has 0 aromatic carbocycles. The number of fused-ring (bicyclic) bond motifs is 1. The molecule has 0 aliphatic carbocycles. The lowest BCUT2D eigenvalue weighted by Crippen LogP contribution is -2.24. The molecule has 0 saturated heterocycles. The highest BCUT2D eigenvalue weighted by Gasteiger charge is 2.25. The minimum atomic E-state index is -0.413. The lowest BCUT2D eigenvalue weighted by atomic mass is 9.93. The molecule has 2 aromatic rings. The quantitative estimate of drug-likeness (QED) is 0.633. The highest BCUT2D eigenvalue weighted by atomic mass is 16.5. The Hall–Kier alpha value is -2.64. The lowest BCUT2D eigenvalue weighted by molar-refractivity contribution is 0.180. The zero-order valence-electron chi connectivity index (χ0n) is 17.3. The van der Waals surface area contributed by atoms with Gasteiger partial charge in [-0.2, -0.15) is 0 Å². The molecule has 0 radical (unpaired) electrons. The number of ether oxygens (including phenoxy) is 1. The fourth-order valence-corrected chi connectivity index (χ4v) is 4.01. The van der Waals surface area contributed by atoms with Gasteiger partial charge in [-0.15, -0.1) is 0 Å². The summed E-state index contributed by atoms with van der Waals surface area (Å²) < 4.78 is 6.07. The molecule has 4 heterocycles. The normalized spacial score (nSPS) is 18.9. The highest BCUT2D eigenvalue weighted by Crippen LogP contribution is 2.40. The summed E-state index contributed by atoms with van der Waals surface area (Å²) in [5.41, 5.74) is 6.07. The standard InChI is InChI=1S/C22H29N5O2/c1-13-9-16(23-3)11-19(25-13)27-22-14(2)20(15-6-7-24-12-17(28)10-15)21-18(26-22)5-4-8-29-21/h6,9,11,17,24,28H,4-5,7-8,10,12H2,1-3H3,(H2,23,25,26,27)/t17-/m0/s1. The van der Waals surface area contributed by atoms with Crippen LogP contribution in [0.5, 0.6) is 5.75 Å². The molecule has 0 unspecified atom stereocenters. The number of nitrogens with zero attached hydrogens (tertiary/aromatic N) is 2. The van der Waals surface area contributed by atoms with E-state index in [4.69, 9.17) is 9.72 Å². The van der Waals surface area contributed by atoms with Gasteiger partial charge in [0.25, 0.3) is 0 Å². The van der Waals surface area contributed by atoms with Crippen LogP contribution in [0.25, 0.3) is 5.57 Å². The van der Waals surface area contributed by atoms with E-state index in [1.54, 1.807) is 0 Å². The molecule has 4 rings (SSSR count). The van der Waals surface area contributed by atoms with E-state index in [-0.39, 0.29) is 0 Å². The summed E-state index contributed by atoms with van der Waals surface area (Å²) in [7, 11) is 1.90. The van der Waals surface area contributed by atoms with Crippen molar-refractivity contribution in [3.8, 4) is 5.75 Å². The molecular weight excluding hydrogens is 366 g/mol. The predicted molar refractivity (Wildman–Crippen MR) is 116 cm³/mol. The Morgan fingerprint density at radius 1 is 1.24 bits per heavy atom. The Kier molecular flexibility index (Phi) is 5.69. The predicted octanol–water partition coefficient (Wildman–Crippen LogP) is 2.94. The minimum Gasteiger partial charge on any atom is -0.491 e. The molecular formula is C22H29N5O2. The number of rotatable bonds is 4. The van der Waals surface area contributed by atoms with Crippen LogP contribution >= 0.6 is 0 Å². The third kappa shape index (κ3) is 4.21. The van der Waals surface area contributed by atoms with Gasteiger partial charge < -0.3 is 25.8 Å². The first-order valence-electron chi connectivity index (χ1n) is 10.2. The van der Waals surface area contributed by atoms with Crippen LogP contribution in [0.3, 0.4) is 0 Å². The fraction of sp³-hybridized carbons (Fsp3) is 0.455. The van der Waals surface area contributed by atoms with Crippen LogP contribution in [0.1, 0.15) is 35.4 Å². The number of nitrogens with one attached hydrogen (secondary N) is 3. The van der Waals surface area contributed by atoms with E-state index < -0.39 is 6.10 Å². The molecule has 2 aliphatic rings. The van der Waals surface area contributed by atoms with E-state index in [1.807, 2.05) is 26.1 Å². The van der Waals surface area contributed by atoms with E-state index >= 15 is 0 Å². The van der Waals surface area contributed by atoms with Crippen LogP contribution < -0.4 is 20.7 Å². The van der Waals surface area contributed by atoms with Crippen molar-refractivity contribution in [3.05, 3.63) is 40.7 Å². The molecule has 4 N–H and O–H groups in total. The van der Waals surface area contributed by atoms with Gasteiger partial charge in [0.15, 0.2) is 0 Å². The number of aliphatic hydroxyl groups is 1. The number of hydrogen-bond donors (Lipinski definition) is 4. The minimum absolute atomic E-state index is 0.413. The summed E-state index contributed by atoms with van der Waals surface area (Å²) in [5.74, 6) is 2.41. The van der Waals surface area contributed by atoms with Crippen LogP contribution in [-0.2, 0) is 6.42 Å². The van der Waals surface area contributed by atoms with Crippen molar-refractivity contribution >= 4 is 22.9 Å². The molecule has 0 spiro atoms. The van der Waals surface area contributed by atoms with Crippen LogP contribution in [0, 0.1) is 13.8 Å². The molecule has 7 nitrogen and oxygen atoms in total. The molecule has 0 fully saturated rings. The molecule has 1 atom stereocenters. The number of β-amino-alcohol motifs (C(OH)–C–C–N with tert-alkyl or cyclic N) is 1. The van der Waals surface area contributed by atoms with Crippen molar-refractivity contribution in [3.63, 3.8) is 0 Å². The smallest absolute Gasteiger partial charge is 0.148 e. The summed E-state index contributed by atoms with van der Waals surface area (Å²) in [6.45, 7) is 6.06. The summed E-state index contributed by atoms with van der Waals surface area (Å²) in [6, 6.07) is 3.98. The third-order valence-corrected chi connectivity index (χ3v) is 5.41. The summed E-state index contributed by atoms with van der Waals surface area (Å²) in [6.07, 6.45) is 4.18. The number of aryl methyl sites for hydroxylation is 2. The topological polar surface area (TPSA) is 91.3 Å². The van der Waals surface area contributed by atoms with Crippen LogP contribution in [0.4, 0.5) is 17.3 Å². The molecule has 29 heavy (non-hydrogen) atoms. The highest BCUT2D eigenvalue weighted by molar-refractivity contribution is 5.79. The number of anilines is 3. The Labute approximate surface area is 171 Å². The van der Waals surface area contributed by atoms with Crippen molar-refractivity contribution in [2.24, 2.45) is 0 Å². The third-order valence-electron chi connectivity index (χ3n) is 5.41. The van der Waals surface area contributed by atoms with E-state index in [9.17, 15) is 5.11 Å². The molecule has 2 aromatic heterocycles. The largest absolute Gasteiger partial charge is 0.491 e. The van der Waals surface area contributed by atoms with Gasteiger partial charge in [-0.1, -0.05) is 6.08 Å². The molecule has 0 saturated carbocycles. The van der Waals surface area contributed by atoms with E-state index in [2.05, 4.69) is 33.9 Å². The average molecular weight is 396 g/mol. The second-order valence-corrected chi connectivity index (χ2v) is 7.69. The molecule has 7 heteroatoms. The zero-order valence-corrected chi connectivity index (χ0v) is 17.3. The summed E-state index contributed by atoms with van der Waals surface area (Å²) >= 11 is 0.